The fourth-order valence-corrected chi connectivity index (χ4v) is 0.997. The van der Waals surface area contributed by atoms with Crippen molar-refractivity contribution in [1.29, 1.82) is 0 Å². The summed E-state index contributed by atoms with van der Waals surface area (Å²) in [5.41, 5.74) is -1.15. The van der Waals surface area contributed by atoms with E-state index in [9.17, 15) is 22.8 Å². The van der Waals surface area contributed by atoms with Crippen LogP contribution in [0.25, 0.3) is 0 Å². The van der Waals surface area contributed by atoms with E-state index in [1.807, 2.05) is 0 Å². The van der Waals surface area contributed by atoms with E-state index in [2.05, 4.69) is 4.74 Å². The van der Waals surface area contributed by atoms with Crippen molar-refractivity contribution in [3.05, 3.63) is 29.1 Å². The number of aromatic carboxylic acids is 1. The highest BCUT2D eigenvalue weighted by molar-refractivity contribution is 5.88. The molecule has 0 saturated carbocycles. The first-order valence-corrected chi connectivity index (χ1v) is 4.10. The smallest absolute Gasteiger partial charge is 0.341 e. The Morgan fingerprint density at radius 1 is 1.18 bits per heavy atom. The number of hydrogen-bond acceptors (Lipinski definition) is 3. The summed E-state index contributed by atoms with van der Waals surface area (Å²) in [6, 6.07) is 0.140. The number of carbonyl (C=O) groups is 2. The molecular weight excluding hydrogens is 245 g/mol. The van der Waals surface area contributed by atoms with Gasteiger partial charge in [-0.25, -0.2) is 18.4 Å². The van der Waals surface area contributed by atoms with Crippen LogP contribution < -0.4 is 4.74 Å². The van der Waals surface area contributed by atoms with Gasteiger partial charge in [-0.1, -0.05) is 0 Å². The summed E-state index contributed by atoms with van der Waals surface area (Å²) in [5, 5.41) is 16.7. The van der Waals surface area contributed by atoms with Crippen molar-refractivity contribution in [2.75, 3.05) is 6.61 Å². The van der Waals surface area contributed by atoms with Crippen molar-refractivity contribution in [1.82, 2.24) is 0 Å². The molecule has 0 aliphatic carbocycles. The van der Waals surface area contributed by atoms with Gasteiger partial charge in [0.05, 0.1) is 0 Å². The van der Waals surface area contributed by atoms with Gasteiger partial charge in [0.25, 0.3) is 0 Å². The fourth-order valence-electron chi connectivity index (χ4n) is 0.997. The minimum absolute atomic E-state index is 0.140. The lowest BCUT2D eigenvalue weighted by Gasteiger charge is -2.08. The predicted octanol–water partition coefficient (Wildman–Crippen LogP) is 1.27. The van der Waals surface area contributed by atoms with Crippen LogP contribution in [-0.4, -0.2) is 28.8 Å². The first-order chi connectivity index (χ1) is 7.84. The highest BCUT2D eigenvalue weighted by Gasteiger charge is 2.24. The van der Waals surface area contributed by atoms with E-state index in [0.717, 1.165) is 0 Å². The molecule has 0 aliphatic heterocycles. The third kappa shape index (κ3) is 2.65. The monoisotopic (exact) mass is 250 g/mol. The lowest BCUT2D eigenvalue weighted by atomic mass is 10.2. The highest BCUT2D eigenvalue weighted by Crippen LogP contribution is 2.27. The number of ether oxygens (including phenoxy) is 1. The zero-order chi connectivity index (χ0) is 13.2. The van der Waals surface area contributed by atoms with Crippen molar-refractivity contribution in [3.63, 3.8) is 0 Å². The summed E-state index contributed by atoms with van der Waals surface area (Å²) in [6.45, 7) is -1.13. The molecule has 0 aromatic heterocycles. The van der Waals surface area contributed by atoms with Crippen LogP contribution in [-0.2, 0) is 4.79 Å². The highest BCUT2D eigenvalue weighted by atomic mass is 19.2. The number of carboxylic acid groups (broad SMARTS) is 2. The van der Waals surface area contributed by atoms with E-state index >= 15 is 0 Å². The molecule has 0 heterocycles. The molecule has 92 valence electrons. The molecule has 0 bridgehead atoms. The molecule has 8 heteroatoms. The van der Waals surface area contributed by atoms with Crippen molar-refractivity contribution in [3.8, 4) is 5.75 Å². The summed E-state index contributed by atoms with van der Waals surface area (Å²) >= 11 is 0. The molecule has 0 saturated heterocycles. The Kier molecular flexibility index (Phi) is 3.56. The van der Waals surface area contributed by atoms with E-state index in [0.29, 0.717) is 0 Å². The molecule has 0 spiro atoms. The Labute approximate surface area is 92.0 Å². The van der Waals surface area contributed by atoms with Crippen LogP contribution in [0.1, 0.15) is 10.4 Å². The van der Waals surface area contributed by atoms with Crippen molar-refractivity contribution >= 4 is 11.9 Å². The van der Waals surface area contributed by atoms with E-state index in [-0.39, 0.29) is 6.07 Å². The molecule has 0 aliphatic rings. The summed E-state index contributed by atoms with van der Waals surface area (Å²) in [5.74, 6) is -9.85. The molecule has 5 nitrogen and oxygen atoms in total. The van der Waals surface area contributed by atoms with E-state index in [1.54, 1.807) is 0 Å². The van der Waals surface area contributed by atoms with Crippen LogP contribution in [0.4, 0.5) is 13.2 Å². The molecule has 0 radical (unpaired) electrons. The van der Waals surface area contributed by atoms with Crippen LogP contribution in [0.3, 0.4) is 0 Å². The standard InChI is InChI=1S/C9H5F3O5/c10-4-1-3(9(15)16)6(11)8(7(4)12)17-2-5(13)14/h1H,2H2,(H,13,14)(H,15,16). The van der Waals surface area contributed by atoms with E-state index in [4.69, 9.17) is 10.2 Å². The van der Waals surface area contributed by atoms with Crippen molar-refractivity contribution < 1.29 is 37.7 Å². The Hall–Kier alpha value is -2.25. The lowest BCUT2D eigenvalue weighted by Crippen LogP contribution is -2.14. The SMILES string of the molecule is O=C(O)COc1c(F)c(F)cc(C(=O)O)c1F. The normalized spacial score (nSPS) is 10.1. The number of carboxylic acids is 2. The van der Waals surface area contributed by atoms with Crippen LogP contribution in [0.2, 0.25) is 0 Å². The number of halogens is 3. The zero-order valence-electron chi connectivity index (χ0n) is 8.04. The van der Waals surface area contributed by atoms with Crippen LogP contribution in [0.15, 0.2) is 6.07 Å². The maximum absolute atomic E-state index is 13.3. The van der Waals surface area contributed by atoms with Gasteiger partial charge in [-0.15, -0.1) is 0 Å². The summed E-state index contributed by atoms with van der Waals surface area (Å²) in [6.07, 6.45) is 0. The van der Waals surface area contributed by atoms with Crippen LogP contribution >= 0.6 is 0 Å². The van der Waals surface area contributed by atoms with E-state index in [1.165, 1.54) is 0 Å². The summed E-state index contributed by atoms with van der Waals surface area (Å²) in [7, 11) is 0. The maximum atomic E-state index is 13.3. The number of rotatable bonds is 4. The molecule has 17 heavy (non-hydrogen) atoms. The molecule has 0 unspecified atom stereocenters. The first kappa shape index (κ1) is 12.8. The Morgan fingerprint density at radius 2 is 1.76 bits per heavy atom. The average Bonchev–Trinajstić information content (AvgIpc) is 2.22. The van der Waals surface area contributed by atoms with Crippen molar-refractivity contribution in [2.45, 2.75) is 0 Å². The third-order valence-corrected chi connectivity index (χ3v) is 1.69. The van der Waals surface area contributed by atoms with Gasteiger partial charge in [-0.3, -0.25) is 0 Å². The van der Waals surface area contributed by atoms with Crippen molar-refractivity contribution in [2.24, 2.45) is 0 Å². The minimum Gasteiger partial charge on any atom is -0.479 e. The topological polar surface area (TPSA) is 83.8 Å². The van der Waals surface area contributed by atoms with Gasteiger partial charge in [-0.05, 0) is 6.07 Å². The third-order valence-electron chi connectivity index (χ3n) is 1.69. The maximum Gasteiger partial charge on any atom is 0.341 e. The Bertz CT molecular complexity index is 486. The summed E-state index contributed by atoms with van der Waals surface area (Å²) in [4.78, 5) is 20.6. The largest absolute Gasteiger partial charge is 0.479 e. The second-order valence-corrected chi connectivity index (χ2v) is 2.85. The van der Waals surface area contributed by atoms with Crippen LogP contribution in [0, 0.1) is 17.5 Å². The van der Waals surface area contributed by atoms with Gasteiger partial charge in [0.1, 0.15) is 5.56 Å². The molecule has 0 fully saturated rings. The molecule has 1 aromatic carbocycles. The quantitative estimate of drug-likeness (QED) is 0.786. The lowest BCUT2D eigenvalue weighted by molar-refractivity contribution is -0.139. The zero-order valence-corrected chi connectivity index (χ0v) is 8.04. The Balaban J connectivity index is 3.26. The molecule has 1 rings (SSSR count). The van der Waals surface area contributed by atoms with Gasteiger partial charge < -0.3 is 14.9 Å². The second-order valence-electron chi connectivity index (χ2n) is 2.85. The first-order valence-electron chi connectivity index (χ1n) is 4.10. The van der Waals surface area contributed by atoms with Gasteiger partial charge >= 0.3 is 11.9 Å². The molecule has 0 atom stereocenters. The number of aliphatic carboxylic acids is 1. The van der Waals surface area contributed by atoms with Gasteiger partial charge in [0, 0.05) is 0 Å². The van der Waals surface area contributed by atoms with Gasteiger partial charge in [0.15, 0.2) is 24.0 Å². The molecule has 0 amide bonds. The van der Waals surface area contributed by atoms with Gasteiger partial charge in [-0.2, -0.15) is 4.39 Å². The number of hydrogen-bond donors (Lipinski definition) is 2. The molecule has 1 aromatic rings. The van der Waals surface area contributed by atoms with E-state index < -0.39 is 47.3 Å². The van der Waals surface area contributed by atoms with Crippen LogP contribution in [0.5, 0.6) is 5.75 Å². The minimum atomic E-state index is -1.83. The second kappa shape index (κ2) is 4.73. The predicted molar refractivity (Wildman–Crippen MR) is 46.4 cm³/mol. The molecule has 2 N–H and O–H groups in total. The fraction of sp³-hybridized carbons (Fsp3) is 0.111. The number of benzene rings is 1. The summed E-state index contributed by atoms with van der Waals surface area (Å²) < 4.78 is 43.4. The van der Waals surface area contributed by atoms with Gasteiger partial charge in [0.2, 0.25) is 5.82 Å². The Morgan fingerprint density at radius 3 is 2.24 bits per heavy atom. The average molecular weight is 250 g/mol. The molecular formula is C9H5F3O5.